The molecule has 0 aliphatic carbocycles. The molecule has 0 saturated carbocycles. The molecule has 4 heteroatoms. The van der Waals surface area contributed by atoms with E-state index in [1.807, 2.05) is 0 Å². The predicted molar refractivity (Wildman–Crippen MR) is 49.2 cm³/mol. The molecule has 2 N–H and O–H groups in total. The molecule has 1 aliphatic rings. The van der Waals surface area contributed by atoms with Crippen molar-refractivity contribution in [3.05, 3.63) is 5.57 Å². The van der Waals surface area contributed by atoms with Crippen LogP contribution in [0.15, 0.2) is 5.57 Å². The summed E-state index contributed by atoms with van der Waals surface area (Å²) in [5.41, 5.74) is 0.273. The van der Waals surface area contributed by atoms with Crippen LogP contribution in [-0.4, -0.2) is 30.1 Å². The first-order valence-corrected chi connectivity index (χ1v) is 4.05. The van der Waals surface area contributed by atoms with Crippen molar-refractivity contribution in [3.63, 3.8) is 0 Å². The molecule has 1 saturated heterocycles. The SMILES string of the molecule is CC(C)(C)C(=O)O.O=C=C1CNC1. The van der Waals surface area contributed by atoms with Crippen LogP contribution in [-0.2, 0) is 9.59 Å². The van der Waals surface area contributed by atoms with Gasteiger partial charge in [-0.2, -0.15) is 0 Å². The lowest BCUT2D eigenvalue weighted by molar-refractivity contribution is -0.145. The molecule has 0 amide bonds. The molecular weight excluding hydrogens is 170 g/mol. The van der Waals surface area contributed by atoms with Gasteiger partial charge in [0.15, 0.2) is 0 Å². The molecule has 1 rings (SSSR count). The maximum absolute atomic E-state index is 10.0. The van der Waals surface area contributed by atoms with E-state index in [2.05, 4.69) is 5.32 Å². The van der Waals surface area contributed by atoms with Crippen molar-refractivity contribution in [2.45, 2.75) is 20.8 Å². The molecule has 1 aliphatic heterocycles. The largest absolute Gasteiger partial charge is 0.481 e. The van der Waals surface area contributed by atoms with Crippen LogP contribution in [0.3, 0.4) is 0 Å². The van der Waals surface area contributed by atoms with Gasteiger partial charge in [-0.25, -0.2) is 4.79 Å². The van der Waals surface area contributed by atoms with Gasteiger partial charge in [0.05, 0.1) is 5.41 Å². The van der Waals surface area contributed by atoms with E-state index in [4.69, 9.17) is 5.11 Å². The van der Waals surface area contributed by atoms with Gasteiger partial charge in [-0.1, -0.05) is 0 Å². The summed E-state index contributed by atoms with van der Waals surface area (Å²) in [5.74, 6) is 1.05. The van der Waals surface area contributed by atoms with Crippen LogP contribution < -0.4 is 5.32 Å². The summed E-state index contributed by atoms with van der Waals surface area (Å²) in [5, 5.41) is 11.2. The van der Waals surface area contributed by atoms with Crippen molar-refractivity contribution >= 4 is 11.9 Å². The summed E-state index contributed by atoms with van der Waals surface area (Å²) in [4.78, 5) is 19.6. The summed E-state index contributed by atoms with van der Waals surface area (Å²) in [6, 6.07) is 0. The zero-order valence-corrected chi connectivity index (χ0v) is 8.18. The van der Waals surface area contributed by atoms with Gasteiger partial charge < -0.3 is 10.4 Å². The van der Waals surface area contributed by atoms with Gasteiger partial charge >= 0.3 is 5.97 Å². The first kappa shape index (κ1) is 11.9. The van der Waals surface area contributed by atoms with Crippen LogP contribution in [0.2, 0.25) is 0 Å². The van der Waals surface area contributed by atoms with Crippen molar-refractivity contribution in [1.29, 1.82) is 0 Å². The van der Waals surface area contributed by atoms with Crippen molar-refractivity contribution in [2.24, 2.45) is 5.41 Å². The summed E-state index contributed by atoms with van der Waals surface area (Å²) in [6.07, 6.45) is 0. The van der Waals surface area contributed by atoms with E-state index < -0.39 is 11.4 Å². The minimum absolute atomic E-state index is 0.583. The normalized spacial score (nSPS) is 14.8. The molecule has 0 unspecified atom stereocenters. The summed E-state index contributed by atoms with van der Waals surface area (Å²) >= 11 is 0. The van der Waals surface area contributed by atoms with E-state index in [1.165, 1.54) is 0 Å². The highest BCUT2D eigenvalue weighted by Crippen LogP contribution is 2.11. The maximum Gasteiger partial charge on any atom is 0.308 e. The first-order valence-electron chi connectivity index (χ1n) is 4.05. The lowest BCUT2D eigenvalue weighted by atomic mass is 9.98. The number of rotatable bonds is 0. The second-order valence-electron chi connectivity index (χ2n) is 3.86. The van der Waals surface area contributed by atoms with E-state index in [-0.39, 0.29) is 0 Å². The molecule has 0 bridgehead atoms. The van der Waals surface area contributed by atoms with Crippen LogP contribution in [0.4, 0.5) is 0 Å². The molecule has 0 aromatic carbocycles. The Morgan fingerprint density at radius 1 is 1.46 bits per heavy atom. The minimum Gasteiger partial charge on any atom is -0.481 e. The van der Waals surface area contributed by atoms with Crippen LogP contribution in [0.1, 0.15) is 20.8 Å². The fourth-order valence-electron chi connectivity index (χ4n) is 0.322. The molecule has 1 heterocycles. The molecule has 0 spiro atoms. The van der Waals surface area contributed by atoms with Gasteiger partial charge in [-0.05, 0) is 20.8 Å². The average molecular weight is 185 g/mol. The highest BCUT2D eigenvalue weighted by molar-refractivity contribution is 5.72. The van der Waals surface area contributed by atoms with Gasteiger partial charge in [0, 0.05) is 18.7 Å². The fraction of sp³-hybridized carbons (Fsp3) is 0.667. The summed E-state index contributed by atoms with van der Waals surface area (Å²) in [6.45, 7) is 6.49. The molecular formula is C9H15NO3. The Balaban J connectivity index is 0.000000223. The standard InChI is InChI=1S/C5H10O2.C4H5NO/c1-5(2,3)4(6)7;6-3-4-1-5-2-4/h1-3H3,(H,6,7);5H,1-2H2. The van der Waals surface area contributed by atoms with Crippen LogP contribution in [0, 0.1) is 5.41 Å². The maximum atomic E-state index is 10.0. The Labute approximate surface area is 77.6 Å². The van der Waals surface area contributed by atoms with Crippen molar-refractivity contribution < 1.29 is 14.7 Å². The lowest BCUT2D eigenvalue weighted by Gasteiger charge is -2.12. The van der Waals surface area contributed by atoms with Crippen LogP contribution >= 0.6 is 0 Å². The van der Waals surface area contributed by atoms with Gasteiger partial charge in [-0.15, -0.1) is 0 Å². The van der Waals surface area contributed by atoms with Crippen molar-refractivity contribution in [2.75, 3.05) is 13.1 Å². The number of carboxylic acids is 1. The Morgan fingerprint density at radius 2 is 1.85 bits per heavy atom. The Hall–Kier alpha value is -1.12. The molecule has 4 nitrogen and oxygen atoms in total. The molecule has 0 aromatic heterocycles. The third-order valence-corrected chi connectivity index (χ3v) is 1.46. The molecule has 74 valence electrons. The van der Waals surface area contributed by atoms with Gasteiger partial charge in [-0.3, -0.25) is 4.79 Å². The Bertz CT molecular complexity index is 228. The van der Waals surface area contributed by atoms with E-state index in [0.29, 0.717) is 0 Å². The molecule has 0 atom stereocenters. The highest BCUT2D eigenvalue weighted by Gasteiger charge is 2.18. The zero-order chi connectivity index (χ0) is 10.5. The van der Waals surface area contributed by atoms with Crippen molar-refractivity contribution in [3.8, 4) is 0 Å². The van der Waals surface area contributed by atoms with Crippen molar-refractivity contribution in [1.82, 2.24) is 5.32 Å². The van der Waals surface area contributed by atoms with E-state index in [0.717, 1.165) is 18.7 Å². The molecule has 0 aromatic rings. The number of hydrogen-bond acceptors (Lipinski definition) is 3. The number of carbonyl (C=O) groups is 1. The Morgan fingerprint density at radius 3 is 1.85 bits per heavy atom. The number of nitrogens with one attached hydrogen (secondary N) is 1. The van der Waals surface area contributed by atoms with Gasteiger partial charge in [0.1, 0.15) is 5.94 Å². The summed E-state index contributed by atoms with van der Waals surface area (Å²) in [7, 11) is 0. The third-order valence-electron chi connectivity index (χ3n) is 1.46. The highest BCUT2D eigenvalue weighted by atomic mass is 16.4. The molecule has 13 heavy (non-hydrogen) atoms. The van der Waals surface area contributed by atoms with Gasteiger partial charge in [0.25, 0.3) is 0 Å². The fourth-order valence-corrected chi connectivity index (χ4v) is 0.322. The third kappa shape index (κ3) is 5.17. The summed E-state index contributed by atoms with van der Waals surface area (Å²) < 4.78 is 0. The van der Waals surface area contributed by atoms with Crippen LogP contribution in [0.25, 0.3) is 0 Å². The Kier molecular flexibility index (Phi) is 4.38. The van der Waals surface area contributed by atoms with Crippen LogP contribution in [0.5, 0.6) is 0 Å². The van der Waals surface area contributed by atoms with Gasteiger partial charge in [0.2, 0.25) is 0 Å². The smallest absolute Gasteiger partial charge is 0.308 e. The topological polar surface area (TPSA) is 66.4 Å². The number of aliphatic carboxylic acids is 1. The number of hydrogen-bond donors (Lipinski definition) is 2. The average Bonchev–Trinajstić information content (AvgIpc) is 1.83. The second kappa shape index (κ2) is 4.80. The monoisotopic (exact) mass is 185 g/mol. The predicted octanol–water partition coefficient (Wildman–Crippen LogP) is 0.465. The lowest BCUT2D eigenvalue weighted by Crippen LogP contribution is -2.33. The van der Waals surface area contributed by atoms with E-state index in [9.17, 15) is 9.59 Å². The zero-order valence-electron chi connectivity index (χ0n) is 8.18. The van der Waals surface area contributed by atoms with E-state index >= 15 is 0 Å². The number of carboxylic acid groups (broad SMARTS) is 1. The minimum atomic E-state index is -0.757. The quantitative estimate of drug-likeness (QED) is 0.538. The van der Waals surface area contributed by atoms with E-state index in [1.54, 1.807) is 26.7 Å². The number of carbonyl (C=O) groups excluding carboxylic acids is 1. The second-order valence-corrected chi connectivity index (χ2v) is 3.86. The molecule has 1 fully saturated rings. The first-order chi connectivity index (χ1) is 5.88. The molecule has 0 radical (unpaired) electrons.